The lowest BCUT2D eigenvalue weighted by molar-refractivity contribution is -0.144. The summed E-state index contributed by atoms with van der Waals surface area (Å²) in [7, 11) is 0. The van der Waals surface area contributed by atoms with Gasteiger partial charge >= 0.3 is 5.97 Å². The Morgan fingerprint density at radius 3 is 2.21 bits per heavy atom. The molecule has 1 aliphatic carbocycles. The third kappa shape index (κ3) is 6.51. The van der Waals surface area contributed by atoms with Crippen molar-refractivity contribution in [3.05, 3.63) is 63.6 Å². The Hall–Kier alpha value is -2.57. The second kappa shape index (κ2) is 11.7. The minimum Gasteiger partial charge on any atom is -0.480 e. The van der Waals surface area contributed by atoms with Gasteiger partial charge in [-0.3, -0.25) is 9.59 Å². The van der Waals surface area contributed by atoms with Crippen LogP contribution in [0, 0.1) is 11.8 Å². The molecule has 0 radical (unpaired) electrons. The highest BCUT2D eigenvalue weighted by atomic mass is 35.5. The van der Waals surface area contributed by atoms with Crippen molar-refractivity contribution in [2.45, 2.75) is 57.9 Å². The van der Waals surface area contributed by atoms with Crippen molar-refractivity contribution in [2.75, 3.05) is 5.32 Å². The maximum Gasteiger partial charge on any atom is 0.326 e. The summed E-state index contributed by atoms with van der Waals surface area (Å²) < 4.78 is 0. The molecule has 0 aromatic heterocycles. The fourth-order valence-electron chi connectivity index (χ4n) is 4.32. The molecular weight excluding hydrogens is 475 g/mol. The number of benzene rings is 2. The molecule has 1 fully saturated rings. The smallest absolute Gasteiger partial charge is 0.326 e. The summed E-state index contributed by atoms with van der Waals surface area (Å²) in [5.41, 5.74) is 2.26. The molecule has 182 valence electrons. The van der Waals surface area contributed by atoms with Crippen molar-refractivity contribution in [3.8, 4) is 0 Å². The van der Waals surface area contributed by atoms with Gasteiger partial charge in [0.05, 0.1) is 10.0 Å². The van der Waals surface area contributed by atoms with E-state index in [4.69, 9.17) is 23.2 Å². The third-order valence-corrected chi connectivity index (χ3v) is 7.44. The van der Waals surface area contributed by atoms with Crippen molar-refractivity contribution < 1.29 is 19.5 Å². The van der Waals surface area contributed by atoms with Crippen LogP contribution in [-0.2, 0) is 9.59 Å². The Bertz CT molecular complexity index is 1030. The normalized spacial score (nSPS) is 19.6. The molecule has 1 aliphatic rings. The summed E-state index contributed by atoms with van der Waals surface area (Å²) in [6, 6.07) is 11.6. The number of aliphatic carboxylic acids is 1. The van der Waals surface area contributed by atoms with E-state index in [-0.39, 0.29) is 23.7 Å². The third-order valence-electron chi connectivity index (χ3n) is 6.70. The minimum atomic E-state index is -0.984. The number of hydrogen-bond acceptors (Lipinski definition) is 3. The molecular formula is C26H30Cl2N2O4. The number of amides is 2. The Balaban J connectivity index is 1.53. The number of hydrogen-bond donors (Lipinski definition) is 3. The number of nitrogens with one attached hydrogen (secondary N) is 2. The van der Waals surface area contributed by atoms with Gasteiger partial charge in [0.2, 0.25) is 5.91 Å². The van der Waals surface area contributed by atoms with Gasteiger partial charge in [0.15, 0.2) is 0 Å². The first-order valence-corrected chi connectivity index (χ1v) is 12.3. The molecule has 0 bridgehead atoms. The predicted octanol–water partition coefficient (Wildman–Crippen LogP) is 6.14. The summed E-state index contributed by atoms with van der Waals surface area (Å²) in [5.74, 6) is -1.36. The van der Waals surface area contributed by atoms with E-state index in [1.54, 1.807) is 12.1 Å². The summed E-state index contributed by atoms with van der Waals surface area (Å²) in [5, 5.41) is 15.7. The van der Waals surface area contributed by atoms with Crippen molar-refractivity contribution in [1.29, 1.82) is 0 Å². The summed E-state index contributed by atoms with van der Waals surface area (Å²) in [6.45, 7) is 3.76. The zero-order valence-electron chi connectivity index (χ0n) is 19.3. The zero-order valence-corrected chi connectivity index (χ0v) is 20.8. The van der Waals surface area contributed by atoms with Crippen LogP contribution < -0.4 is 10.6 Å². The van der Waals surface area contributed by atoms with Gasteiger partial charge in [-0.2, -0.15) is 0 Å². The number of rotatable bonds is 8. The summed E-state index contributed by atoms with van der Waals surface area (Å²) in [6.07, 6.45) is 3.84. The first-order valence-electron chi connectivity index (χ1n) is 11.6. The highest BCUT2D eigenvalue weighted by Gasteiger charge is 2.31. The fourth-order valence-corrected chi connectivity index (χ4v) is 4.62. The van der Waals surface area contributed by atoms with Gasteiger partial charge < -0.3 is 15.7 Å². The van der Waals surface area contributed by atoms with Crippen molar-refractivity contribution in [1.82, 2.24) is 5.32 Å². The molecule has 2 amide bonds. The number of carboxylic acids is 1. The summed E-state index contributed by atoms with van der Waals surface area (Å²) >= 11 is 11.9. The average Bonchev–Trinajstić information content (AvgIpc) is 2.84. The molecule has 1 unspecified atom stereocenters. The topological polar surface area (TPSA) is 95.5 Å². The predicted molar refractivity (Wildman–Crippen MR) is 135 cm³/mol. The SMILES string of the molecule is CCC(C)[C@H](NC(=O)[C@H]1CC[C@H](c2ccc(NC(=O)c3ccc(Cl)c(Cl)c3)cc2)CC1)C(=O)O. The van der Waals surface area contributed by atoms with E-state index < -0.39 is 12.0 Å². The Labute approximate surface area is 210 Å². The number of carboxylic acid groups (broad SMARTS) is 1. The van der Waals surface area contributed by atoms with Gasteiger partial charge in [-0.25, -0.2) is 4.79 Å². The number of anilines is 1. The van der Waals surface area contributed by atoms with Crippen LogP contribution >= 0.6 is 23.2 Å². The van der Waals surface area contributed by atoms with Crippen LogP contribution in [0.2, 0.25) is 10.0 Å². The lowest BCUT2D eigenvalue weighted by Crippen LogP contribution is -2.47. The number of carbonyl (C=O) groups is 3. The number of halogens is 2. The molecule has 3 rings (SSSR count). The van der Waals surface area contributed by atoms with Crippen molar-refractivity contribution >= 4 is 46.7 Å². The van der Waals surface area contributed by atoms with Crippen LogP contribution in [0.5, 0.6) is 0 Å². The number of carbonyl (C=O) groups excluding carboxylic acids is 2. The van der Waals surface area contributed by atoms with Gasteiger partial charge in [-0.05, 0) is 73.4 Å². The Morgan fingerprint density at radius 2 is 1.65 bits per heavy atom. The molecule has 8 heteroatoms. The van der Waals surface area contributed by atoms with Gasteiger partial charge in [-0.15, -0.1) is 0 Å². The molecule has 2 aromatic rings. The van der Waals surface area contributed by atoms with E-state index >= 15 is 0 Å². The monoisotopic (exact) mass is 504 g/mol. The van der Waals surface area contributed by atoms with Crippen LogP contribution in [-0.4, -0.2) is 28.9 Å². The second-order valence-corrected chi connectivity index (χ2v) is 9.78. The molecule has 2 atom stereocenters. The van der Waals surface area contributed by atoms with Gasteiger partial charge in [0, 0.05) is 17.2 Å². The van der Waals surface area contributed by atoms with Crippen LogP contribution in [0.3, 0.4) is 0 Å². The largest absolute Gasteiger partial charge is 0.480 e. The van der Waals surface area contributed by atoms with Crippen LogP contribution in [0.15, 0.2) is 42.5 Å². The molecule has 2 aromatic carbocycles. The highest BCUT2D eigenvalue weighted by molar-refractivity contribution is 6.42. The molecule has 0 heterocycles. The second-order valence-electron chi connectivity index (χ2n) is 8.96. The highest BCUT2D eigenvalue weighted by Crippen LogP contribution is 2.36. The maximum absolute atomic E-state index is 12.7. The lowest BCUT2D eigenvalue weighted by atomic mass is 9.78. The van der Waals surface area contributed by atoms with E-state index in [9.17, 15) is 19.5 Å². The minimum absolute atomic E-state index is 0.117. The van der Waals surface area contributed by atoms with Crippen LogP contribution in [0.1, 0.15) is 67.8 Å². The molecule has 0 saturated heterocycles. The van der Waals surface area contributed by atoms with Crippen molar-refractivity contribution in [2.24, 2.45) is 11.8 Å². The van der Waals surface area contributed by atoms with E-state index in [2.05, 4.69) is 10.6 Å². The van der Waals surface area contributed by atoms with Crippen LogP contribution in [0.4, 0.5) is 5.69 Å². The molecule has 0 aliphatic heterocycles. The van der Waals surface area contributed by atoms with E-state index in [0.29, 0.717) is 33.6 Å². The Morgan fingerprint density at radius 1 is 1.00 bits per heavy atom. The molecule has 1 saturated carbocycles. The Kier molecular flexibility index (Phi) is 8.97. The van der Waals surface area contributed by atoms with Crippen molar-refractivity contribution in [3.63, 3.8) is 0 Å². The van der Waals surface area contributed by atoms with Crippen LogP contribution in [0.25, 0.3) is 0 Å². The van der Waals surface area contributed by atoms with Gasteiger partial charge in [-0.1, -0.05) is 55.6 Å². The molecule has 3 N–H and O–H groups in total. The molecule has 6 nitrogen and oxygen atoms in total. The van der Waals surface area contributed by atoms with E-state index in [0.717, 1.165) is 31.2 Å². The lowest BCUT2D eigenvalue weighted by Gasteiger charge is -2.30. The maximum atomic E-state index is 12.7. The molecule has 34 heavy (non-hydrogen) atoms. The fraction of sp³-hybridized carbons (Fsp3) is 0.423. The van der Waals surface area contributed by atoms with Gasteiger partial charge in [0.1, 0.15) is 6.04 Å². The average molecular weight is 505 g/mol. The summed E-state index contributed by atoms with van der Waals surface area (Å²) in [4.78, 5) is 36.6. The van der Waals surface area contributed by atoms with Gasteiger partial charge in [0.25, 0.3) is 5.91 Å². The quantitative estimate of drug-likeness (QED) is 0.402. The first kappa shape index (κ1) is 26.0. The standard InChI is InChI=1S/C26H30Cl2N2O4/c1-3-15(2)23(26(33)34)30-24(31)18-6-4-16(5-7-18)17-8-11-20(12-9-17)29-25(32)19-10-13-21(27)22(28)14-19/h8-16,18,23H,3-7H2,1-2H3,(H,29,32)(H,30,31)(H,33,34)/t15?,16-,18-,23-/m0/s1. The molecule has 0 spiro atoms. The zero-order chi connectivity index (χ0) is 24.8. The first-order chi connectivity index (χ1) is 16.2. The van der Waals surface area contributed by atoms with E-state index in [1.165, 1.54) is 6.07 Å². The van der Waals surface area contributed by atoms with E-state index in [1.807, 2.05) is 38.1 Å².